The maximum Gasteiger partial charge on any atom is 0.339 e. The van der Waals surface area contributed by atoms with Crippen LogP contribution in [0.5, 0.6) is 10.9 Å². The van der Waals surface area contributed by atoms with Crippen LogP contribution in [-0.4, -0.2) is 20.4 Å². The van der Waals surface area contributed by atoms with Crippen molar-refractivity contribution >= 4 is 17.5 Å². The normalized spacial score (nSPS) is 10.3. The summed E-state index contributed by atoms with van der Waals surface area (Å²) in [6.45, 7) is 3.82. The lowest BCUT2D eigenvalue weighted by atomic mass is 10.1. The Morgan fingerprint density at radius 1 is 1.50 bits per heavy atom. The monoisotopic (exact) mass is 264 g/mol. The first-order chi connectivity index (χ1) is 8.60. The van der Waals surface area contributed by atoms with Crippen LogP contribution in [0.1, 0.15) is 28.7 Å². The van der Waals surface area contributed by atoms with E-state index in [4.69, 9.17) is 9.84 Å². The summed E-state index contributed by atoms with van der Waals surface area (Å²) < 4.78 is 9.58. The molecule has 1 heterocycles. The van der Waals surface area contributed by atoms with Crippen LogP contribution in [0, 0.1) is 6.92 Å². The largest absolute Gasteiger partial charge is 0.478 e. The summed E-state index contributed by atoms with van der Waals surface area (Å²) in [7, 11) is 0. The summed E-state index contributed by atoms with van der Waals surface area (Å²) in [6.07, 6.45) is 0.722. The molecule has 18 heavy (non-hydrogen) atoms. The summed E-state index contributed by atoms with van der Waals surface area (Å²) >= 11 is 1.12. The zero-order chi connectivity index (χ0) is 13.1. The van der Waals surface area contributed by atoms with E-state index in [1.165, 1.54) is 6.07 Å². The van der Waals surface area contributed by atoms with Crippen molar-refractivity contribution in [2.45, 2.75) is 20.3 Å². The van der Waals surface area contributed by atoms with Crippen LogP contribution in [0.2, 0.25) is 0 Å². The quantitative estimate of drug-likeness (QED) is 0.919. The summed E-state index contributed by atoms with van der Waals surface area (Å²) in [6, 6.07) is 4.93. The smallest absolute Gasteiger partial charge is 0.339 e. The molecular formula is C12H12N2O3S. The van der Waals surface area contributed by atoms with E-state index in [2.05, 4.69) is 9.36 Å². The van der Waals surface area contributed by atoms with Crippen LogP contribution in [0.15, 0.2) is 18.2 Å². The van der Waals surface area contributed by atoms with Gasteiger partial charge in [0.1, 0.15) is 17.1 Å². The van der Waals surface area contributed by atoms with E-state index in [1.54, 1.807) is 12.1 Å². The Morgan fingerprint density at radius 3 is 2.89 bits per heavy atom. The molecule has 0 radical (unpaired) electrons. The maximum absolute atomic E-state index is 11.1. The fraction of sp³-hybridized carbons (Fsp3) is 0.250. The lowest BCUT2D eigenvalue weighted by Gasteiger charge is -2.06. The molecule has 1 aromatic carbocycles. The molecular weight excluding hydrogens is 252 g/mol. The van der Waals surface area contributed by atoms with Gasteiger partial charge in [-0.1, -0.05) is 13.0 Å². The number of carboxylic acids is 1. The van der Waals surface area contributed by atoms with Crippen LogP contribution in [0.3, 0.4) is 0 Å². The zero-order valence-corrected chi connectivity index (χ0v) is 10.8. The highest BCUT2D eigenvalue weighted by Gasteiger charge is 2.14. The molecule has 6 heteroatoms. The number of aromatic nitrogens is 2. The highest BCUT2D eigenvalue weighted by molar-refractivity contribution is 7.07. The van der Waals surface area contributed by atoms with Crippen molar-refractivity contribution in [3.63, 3.8) is 0 Å². The van der Waals surface area contributed by atoms with E-state index in [0.29, 0.717) is 16.8 Å². The number of nitrogens with zero attached hydrogens (tertiary/aromatic N) is 2. The minimum absolute atomic E-state index is 0.119. The SMILES string of the molecule is CCc1nsc(Oc2cc(C)ccc2C(=O)O)n1. The molecule has 0 spiro atoms. The molecule has 1 aromatic heterocycles. The number of hydrogen-bond acceptors (Lipinski definition) is 5. The van der Waals surface area contributed by atoms with Crippen LogP contribution in [0.25, 0.3) is 0 Å². The average Bonchev–Trinajstić information content (AvgIpc) is 2.76. The van der Waals surface area contributed by atoms with Gasteiger partial charge in [-0.2, -0.15) is 9.36 Å². The number of ether oxygens (including phenoxy) is 1. The summed E-state index contributed by atoms with van der Waals surface area (Å²) in [5.74, 6) is -0.0361. The molecule has 0 bridgehead atoms. The van der Waals surface area contributed by atoms with E-state index in [0.717, 1.165) is 23.5 Å². The third kappa shape index (κ3) is 2.65. The Bertz CT molecular complexity index is 580. The average molecular weight is 264 g/mol. The highest BCUT2D eigenvalue weighted by Crippen LogP contribution is 2.27. The van der Waals surface area contributed by atoms with Crippen molar-refractivity contribution < 1.29 is 14.6 Å². The van der Waals surface area contributed by atoms with Crippen LogP contribution in [-0.2, 0) is 6.42 Å². The second-order valence-electron chi connectivity index (χ2n) is 3.74. The molecule has 2 rings (SSSR count). The van der Waals surface area contributed by atoms with Gasteiger partial charge in [0.05, 0.1) is 0 Å². The van der Waals surface area contributed by atoms with Gasteiger partial charge in [-0.05, 0) is 24.6 Å². The van der Waals surface area contributed by atoms with Gasteiger partial charge < -0.3 is 9.84 Å². The van der Waals surface area contributed by atoms with E-state index >= 15 is 0 Å². The first-order valence-electron chi connectivity index (χ1n) is 5.44. The number of aromatic carboxylic acids is 1. The molecule has 0 fully saturated rings. The Kier molecular flexibility index (Phi) is 3.57. The number of benzene rings is 1. The van der Waals surface area contributed by atoms with Gasteiger partial charge >= 0.3 is 5.97 Å². The Morgan fingerprint density at radius 2 is 2.28 bits per heavy atom. The Labute approximate surface area is 108 Å². The summed E-state index contributed by atoms with van der Waals surface area (Å²) in [5, 5.41) is 9.43. The standard InChI is InChI=1S/C12H12N2O3S/c1-3-10-13-12(18-14-10)17-9-6-7(2)4-5-8(9)11(15)16/h4-6H,3H2,1-2H3,(H,15,16). The van der Waals surface area contributed by atoms with E-state index in [1.807, 2.05) is 13.8 Å². The number of rotatable bonds is 4. The molecule has 1 N–H and O–H groups in total. The second kappa shape index (κ2) is 5.14. The fourth-order valence-electron chi connectivity index (χ4n) is 1.41. The maximum atomic E-state index is 11.1. The van der Waals surface area contributed by atoms with Gasteiger partial charge in [0.2, 0.25) is 0 Å². The van der Waals surface area contributed by atoms with Gasteiger partial charge in [0.25, 0.3) is 5.19 Å². The Balaban J connectivity index is 2.32. The molecule has 0 aliphatic rings. The van der Waals surface area contributed by atoms with Gasteiger partial charge in [-0.3, -0.25) is 0 Å². The first kappa shape index (κ1) is 12.5. The minimum atomic E-state index is -1.02. The highest BCUT2D eigenvalue weighted by atomic mass is 32.1. The van der Waals surface area contributed by atoms with Crippen LogP contribution >= 0.6 is 11.5 Å². The molecule has 0 saturated carbocycles. The van der Waals surface area contributed by atoms with Gasteiger partial charge in [-0.15, -0.1) is 0 Å². The van der Waals surface area contributed by atoms with E-state index < -0.39 is 5.97 Å². The van der Waals surface area contributed by atoms with Crippen molar-refractivity contribution in [1.82, 2.24) is 9.36 Å². The second-order valence-corrected chi connectivity index (χ2v) is 4.45. The fourth-order valence-corrected chi connectivity index (χ4v) is 2.03. The van der Waals surface area contributed by atoms with Crippen LogP contribution in [0.4, 0.5) is 0 Å². The molecule has 0 amide bonds. The minimum Gasteiger partial charge on any atom is -0.478 e. The third-order valence-electron chi connectivity index (χ3n) is 2.33. The first-order valence-corrected chi connectivity index (χ1v) is 6.22. The van der Waals surface area contributed by atoms with Crippen molar-refractivity contribution in [1.29, 1.82) is 0 Å². The van der Waals surface area contributed by atoms with Gasteiger partial charge in [0, 0.05) is 18.0 Å². The van der Waals surface area contributed by atoms with Crippen LogP contribution < -0.4 is 4.74 Å². The number of aryl methyl sites for hydroxylation is 2. The predicted octanol–water partition coefficient (Wildman–Crippen LogP) is 2.90. The third-order valence-corrected chi connectivity index (χ3v) is 2.96. The molecule has 0 aliphatic carbocycles. The zero-order valence-electron chi connectivity index (χ0n) is 10.0. The predicted molar refractivity (Wildman–Crippen MR) is 67.5 cm³/mol. The Hall–Kier alpha value is -1.95. The lowest BCUT2D eigenvalue weighted by Crippen LogP contribution is -2.00. The van der Waals surface area contributed by atoms with E-state index in [9.17, 15) is 4.79 Å². The van der Waals surface area contributed by atoms with Gasteiger partial charge in [0.15, 0.2) is 0 Å². The molecule has 0 aliphatic heterocycles. The molecule has 0 atom stereocenters. The number of carboxylic acid groups (broad SMARTS) is 1. The topological polar surface area (TPSA) is 72.3 Å². The summed E-state index contributed by atoms with van der Waals surface area (Å²) in [4.78, 5) is 15.2. The molecule has 0 saturated heterocycles. The van der Waals surface area contributed by atoms with Crippen molar-refractivity contribution in [2.24, 2.45) is 0 Å². The summed E-state index contributed by atoms with van der Waals surface area (Å²) in [5.41, 5.74) is 1.05. The number of hydrogen-bond donors (Lipinski definition) is 1. The molecule has 0 unspecified atom stereocenters. The molecule has 2 aromatic rings. The lowest BCUT2D eigenvalue weighted by molar-refractivity contribution is 0.0694. The van der Waals surface area contributed by atoms with E-state index in [-0.39, 0.29) is 5.56 Å². The van der Waals surface area contributed by atoms with Crippen molar-refractivity contribution in [3.8, 4) is 10.9 Å². The van der Waals surface area contributed by atoms with Crippen molar-refractivity contribution in [3.05, 3.63) is 35.2 Å². The molecule has 5 nitrogen and oxygen atoms in total. The van der Waals surface area contributed by atoms with Gasteiger partial charge in [-0.25, -0.2) is 4.79 Å². The van der Waals surface area contributed by atoms with Crippen molar-refractivity contribution in [2.75, 3.05) is 0 Å². The number of carbonyl (C=O) groups is 1. The molecule has 94 valence electrons.